The fraction of sp³-hybridized carbons (Fsp3) is 0.107. The fourth-order valence-electron chi connectivity index (χ4n) is 3.82. The van der Waals surface area contributed by atoms with E-state index in [0.717, 1.165) is 5.56 Å². The number of aldehydes is 1. The van der Waals surface area contributed by atoms with E-state index in [1.807, 2.05) is 30.3 Å². The Hall–Kier alpha value is -4.52. The molecule has 0 saturated carbocycles. The Morgan fingerprint density at radius 2 is 1.60 bits per heavy atom. The summed E-state index contributed by atoms with van der Waals surface area (Å²) in [4.78, 5) is 11.2. The predicted molar refractivity (Wildman–Crippen MR) is 130 cm³/mol. The second-order valence-corrected chi connectivity index (χ2v) is 7.69. The van der Waals surface area contributed by atoms with Crippen LogP contribution in [0.1, 0.15) is 15.9 Å². The van der Waals surface area contributed by atoms with Gasteiger partial charge in [0.15, 0.2) is 29.3 Å². The molecule has 4 aromatic rings. The normalized spacial score (nSPS) is 10.6. The first kappa shape index (κ1) is 23.6. The summed E-state index contributed by atoms with van der Waals surface area (Å²) < 4.78 is 30.5. The third-order valence-electron chi connectivity index (χ3n) is 5.56. The van der Waals surface area contributed by atoms with Gasteiger partial charge in [-0.15, -0.1) is 0 Å². The number of carbonyl (C=O) groups excluding carboxylic acids is 1. The molecule has 0 atom stereocenters. The maximum Gasteiger partial charge on any atom is 0.170 e. The molecule has 0 fully saturated rings. The van der Waals surface area contributed by atoms with Crippen molar-refractivity contribution in [1.82, 2.24) is 0 Å². The van der Waals surface area contributed by atoms with Gasteiger partial charge in [0.2, 0.25) is 0 Å². The second kappa shape index (κ2) is 10.2. The van der Waals surface area contributed by atoms with E-state index in [2.05, 4.69) is 0 Å². The number of phenolic OH excluding ortho intramolecular Hbond substituents is 2. The van der Waals surface area contributed by atoms with Gasteiger partial charge in [0, 0.05) is 5.56 Å². The lowest BCUT2D eigenvalue weighted by Gasteiger charge is -2.18. The summed E-state index contributed by atoms with van der Waals surface area (Å²) >= 11 is 0. The molecule has 0 amide bonds. The largest absolute Gasteiger partial charge is 0.504 e. The van der Waals surface area contributed by atoms with E-state index < -0.39 is 5.82 Å². The highest BCUT2D eigenvalue weighted by atomic mass is 19.1. The average Bonchev–Trinajstić information content (AvgIpc) is 2.88. The first-order valence-electron chi connectivity index (χ1n) is 10.7. The van der Waals surface area contributed by atoms with Crippen LogP contribution in [0.25, 0.3) is 22.3 Å². The maximum absolute atomic E-state index is 13.8. The highest BCUT2D eigenvalue weighted by Crippen LogP contribution is 2.50. The lowest BCUT2D eigenvalue weighted by Crippen LogP contribution is -1.97. The zero-order valence-corrected chi connectivity index (χ0v) is 19.1. The number of halogens is 1. The van der Waals surface area contributed by atoms with Crippen LogP contribution in [0.4, 0.5) is 4.39 Å². The number of hydrogen-bond donors (Lipinski definition) is 2. The molecule has 0 aliphatic carbocycles. The first-order chi connectivity index (χ1) is 17.0. The smallest absolute Gasteiger partial charge is 0.170 e. The van der Waals surface area contributed by atoms with Crippen LogP contribution in [0, 0.1) is 5.82 Å². The second-order valence-electron chi connectivity index (χ2n) is 7.69. The Balaban J connectivity index is 1.74. The molecule has 0 unspecified atom stereocenters. The van der Waals surface area contributed by atoms with Crippen molar-refractivity contribution in [2.24, 2.45) is 0 Å². The Bertz CT molecular complexity index is 1370. The van der Waals surface area contributed by atoms with Crippen LogP contribution >= 0.6 is 0 Å². The minimum Gasteiger partial charge on any atom is -0.504 e. The lowest BCUT2D eigenvalue weighted by molar-refractivity contribution is 0.112. The number of phenols is 2. The van der Waals surface area contributed by atoms with Crippen molar-refractivity contribution in [3.63, 3.8) is 0 Å². The predicted octanol–water partition coefficient (Wildman–Crippen LogP) is 5.98. The maximum atomic E-state index is 13.8. The van der Waals surface area contributed by atoms with Crippen LogP contribution < -0.4 is 14.2 Å². The first-order valence-corrected chi connectivity index (χ1v) is 10.7. The zero-order valence-electron chi connectivity index (χ0n) is 19.1. The van der Waals surface area contributed by atoms with Gasteiger partial charge in [-0.05, 0) is 47.0 Å². The third kappa shape index (κ3) is 4.75. The van der Waals surface area contributed by atoms with Gasteiger partial charge in [0.1, 0.15) is 18.2 Å². The molecule has 4 rings (SSSR count). The lowest BCUT2D eigenvalue weighted by atomic mass is 9.95. The van der Waals surface area contributed by atoms with Crippen LogP contribution in [0.5, 0.6) is 28.7 Å². The molecule has 178 valence electrons. The summed E-state index contributed by atoms with van der Waals surface area (Å²) in [7, 11) is 2.82. The SMILES string of the molecule is COc1cc(-c2ccc(F)c(C=O)c2)c(OC)c(O)c1-c1ccc(OCc2ccccc2)c(O)c1. The Morgan fingerprint density at radius 1 is 0.857 bits per heavy atom. The summed E-state index contributed by atoms with van der Waals surface area (Å²) in [5, 5.41) is 21.7. The van der Waals surface area contributed by atoms with Crippen molar-refractivity contribution in [2.75, 3.05) is 14.2 Å². The summed E-state index contributed by atoms with van der Waals surface area (Å²) in [5.74, 6) is -0.332. The molecule has 0 radical (unpaired) electrons. The molecule has 2 N–H and O–H groups in total. The number of benzene rings is 4. The number of aromatic hydroxyl groups is 2. The Kier molecular flexibility index (Phi) is 6.87. The molecule has 4 aromatic carbocycles. The van der Waals surface area contributed by atoms with Crippen molar-refractivity contribution in [3.05, 3.63) is 89.7 Å². The summed E-state index contributed by atoms with van der Waals surface area (Å²) in [5.41, 5.74) is 2.44. The summed E-state index contributed by atoms with van der Waals surface area (Å²) in [6.07, 6.45) is 0.418. The molecular weight excluding hydrogens is 451 g/mol. The molecule has 7 heteroatoms. The van der Waals surface area contributed by atoms with E-state index in [-0.39, 0.29) is 46.5 Å². The van der Waals surface area contributed by atoms with Gasteiger partial charge >= 0.3 is 0 Å². The Morgan fingerprint density at radius 3 is 2.26 bits per heavy atom. The van der Waals surface area contributed by atoms with Gasteiger partial charge in [0.05, 0.1) is 25.3 Å². The molecule has 0 heterocycles. The molecule has 0 aliphatic rings. The third-order valence-corrected chi connectivity index (χ3v) is 5.56. The van der Waals surface area contributed by atoms with Crippen LogP contribution in [-0.2, 0) is 6.61 Å². The quantitative estimate of drug-likeness (QED) is 0.306. The zero-order chi connectivity index (χ0) is 24.9. The number of hydrogen-bond acceptors (Lipinski definition) is 6. The van der Waals surface area contributed by atoms with Crippen LogP contribution in [0.3, 0.4) is 0 Å². The molecule has 0 spiro atoms. The molecular formula is C28H23FO6. The topological polar surface area (TPSA) is 85.2 Å². The average molecular weight is 474 g/mol. The van der Waals surface area contributed by atoms with Crippen LogP contribution in [0.2, 0.25) is 0 Å². The number of carbonyl (C=O) groups is 1. The molecule has 35 heavy (non-hydrogen) atoms. The van der Waals surface area contributed by atoms with Gasteiger partial charge in [0.25, 0.3) is 0 Å². The van der Waals surface area contributed by atoms with Crippen molar-refractivity contribution >= 4 is 6.29 Å². The van der Waals surface area contributed by atoms with Gasteiger partial charge < -0.3 is 24.4 Å². The minimum atomic E-state index is -0.652. The van der Waals surface area contributed by atoms with E-state index >= 15 is 0 Å². The number of methoxy groups -OCH3 is 2. The summed E-state index contributed by atoms with van der Waals surface area (Å²) in [6, 6.07) is 19.9. The molecule has 0 aromatic heterocycles. The Labute approximate surface area is 201 Å². The summed E-state index contributed by atoms with van der Waals surface area (Å²) in [6.45, 7) is 0.283. The van der Waals surface area contributed by atoms with E-state index in [4.69, 9.17) is 14.2 Å². The highest BCUT2D eigenvalue weighted by molar-refractivity contribution is 5.89. The van der Waals surface area contributed by atoms with Gasteiger partial charge in [-0.2, -0.15) is 0 Å². The van der Waals surface area contributed by atoms with E-state index in [1.54, 1.807) is 18.2 Å². The van der Waals surface area contributed by atoms with Crippen molar-refractivity contribution in [1.29, 1.82) is 0 Å². The van der Waals surface area contributed by atoms with Crippen molar-refractivity contribution < 1.29 is 33.6 Å². The van der Waals surface area contributed by atoms with E-state index in [1.165, 1.54) is 38.5 Å². The number of ether oxygens (including phenoxy) is 3. The molecule has 6 nitrogen and oxygen atoms in total. The molecule has 0 saturated heterocycles. The van der Waals surface area contributed by atoms with Crippen molar-refractivity contribution in [2.45, 2.75) is 6.61 Å². The standard InChI is InChI=1S/C28H23FO6/c1-33-25-14-21(18-8-10-22(29)20(12-18)15-30)28(34-2)27(32)26(25)19-9-11-24(23(31)13-19)35-16-17-6-4-3-5-7-17/h3-15,31-32H,16H2,1-2H3. The van der Waals surface area contributed by atoms with Crippen LogP contribution in [0.15, 0.2) is 72.8 Å². The van der Waals surface area contributed by atoms with E-state index in [0.29, 0.717) is 23.0 Å². The monoisotopic (exact) mass is 474 g/mol. The highest BCUT2D eigenvalue weighted by Gasteiger charge is 2.23. The van der Waals surface area contributed by atoms with Crippen molar-refractivity contribution in [3.8, 4) is 51.0 Å². The minimum absolute atomic E-state index is 0.105. The number of rotatable bonds is 8. The van der Waals surface area contributed by atoms with Crippen LogP contribution in [-0.4, -0.2) is 30.7 Å². The fourth-order valence-corrected chi connectivity index (χ4v) is 3.82. The van der Waals surface area contributed by atoms with Gasteiger partial charge in [-0.1, -0.05) is 42.5 Å². The van der Waals surface area contributed by atoms with Gasteiger partial charge in [-0.3, -0.25) is 4.79 Å². The molecule has 0 aliphatic heterocycles. The van der Waals surface area contributed by atoms with E-state index in [9.17, 15) is 19.4 Å². The molecule has 0 bridgehead atoms. The van der Waals surface area contributed by atoms with Gasteiger partial charge in [-0.25, -0.2) is 4.39 Å².